The lowest BCUT2D eigenvalue weighted by Crippen LogP contribution is -2.22. The minimum Gasteiger partial charge on any atom is -0.456 e. The fourth-order valence-corrected chi connectivity index (χ4v) is 4.99. The van der Waals surface area contributed by atoms with Crippen LogP contribution in [0.4, 0.5) is 5.69 Å². The van der Waals surface area contributed by atoms with E-state index in [0.717, 1.165) is 30.7 Å². The fraction of sp³-hybridized carbons (Fsp3) is 0.143. The molecule has 0 N–H and O–H groups in total. The van der Waals surface area contributed by atoms with E-state index in [1.54, 1.807) is 0 Å². The van der Waals surface area contributed by atoms with Gasteiger partial charge in [0.15, 0.2) is 0 Å². The molecule has 0 fully saturated rings. The van der Waals surface area contributed by atoms with E-state index in [1.807, 2.05) is 6.07 Å². The summed E-state index contributed by atoms with van der Waals surface area (Å²) >= 11 is 0. The topological polar surface area (TPSA) is 16.4 Å². The van der Waals surface area contributed by atoms with Gasteiger partial charge >= 0.3 is 0 Å². The lowest BCUT2D eigenvalue weighted by molar-refractivity contribution is 0.668. The molecular formula is C28H23NO. The number of hydrogen-bond donors (Lipinski definition) is 0. The third kappa shape index (κ3) is 2.57. The van der Waals surface area contributed by atoms with Crippen LogP contribution in [0.25, 0.3) is 33.1 Å². The molecule has 5 aromatic rings. The van der Waals surface area contributed by atoms with Crippen LogP contribution in [0.1, 0.15) is 23.6 Å². The molecule has 2 heteroatoms. The molecule has 6 rings (SSSR count). The molecule has 0 saturated carbocycles. The molecule has 30 heavy (non-hydrogen) atoms. The summed E-state index contributed by atoms with van der Waals surface area (Å²) in [6.07, 6.45) is 1.04. The largest absolute Gasteiger partial charge is 0.456 e. The second kappa shape index (κ2) is 6.77. The maximum atomic E-state index is 6.13. The van der Waals surface area contributed by atoms with E-state index >= 15 is 0 Å². The predicted molar refractivity (Wildman–Crippen MR) is 125 cm³/mol. The molecule has 0 spiro atoms. The van der Waals surface area contributed by atoms with Gasteiger partial charge < -0.3 is 9.32 Å². The Labute approximate surface area is 176 Å². The summed E-state index contributed by atoms with van der Waals surface area (Å²) in [5, 5.41) is 2.40. The van der Waals surface area contributed by atoms with Crippen molar-refractivity contribution < 1.29 is 4.42 Å². The van der Waals surface area contributed by atoms with Crippen molar-refractivity contribution in [1.29, 1.82) is 0 Å². The van der Waals surface area contributed by atoms with Crippen LogP contribution in [0.2, 0.25) is 0 Å². The van der Waals surface area contributed by atoms with Gasteiger partial charge in [-0.1, -0.05) is 66.7 Å². The Hall–Kier alpha value is -3.52. The fourth-order valence-electron chi connectivity index (χ4n) is 4.99. The molecule has 0 radical (unpaired) electrons. The Kier molecular flexibility index (Phi) is 3.92. The summed E-state index contributed by atoms with van der Waals surface area (Å²) in [7, 11) is 0. The van der Waals surface area contributed by atoms with E-state index < -0.39 is 0 Å². The molecule has 2 nitrogen and oxygen atoms in total. The van der Waals surface area contributed by atoms with E-state index in [0.29, 0.717) is 0 Å². The second-order valence-corrected chi connectivity index (χ2v) is 8.05. The van der Waals surface area contributed by atoms with E-state index in [1.165, 1.54) is 44.3 Å². The third-order valence-electron chi connectivity index (χ3n) is 6.37. The number of hydrogen-bond acceptors (Lipinski definition) is 2. The van der Waals surface area contributed by atoms with Gasteiger partial charge in [-0.25, -0.2) is 0 Å². The molecule has 0 unspecified atom stereocenters. The van der Waals surface area contributed by atoms with Crippen LogP contribution >= 0.6 is 0 Å². The minimum absolute atomic E-state index is 0.882. The number of furan rings is 1. The van der Waals surface area contributed by atoms with Crippen molar-refractivity contribution in [2.24, 2.45) is 0 Å². The Morgan fingerprint density at radius 2 is 1.53 bits per heavy atom. The molecule has 0 saturated heterocycles. The molecule has 0 amide bonds. The number of rotatable bonds is 4. The third-order valence-corrected chi connectivity index (χ3v) is 6.37. The highest BCUT2D eigenvalue weighted by Gasteiger charge is 2.22. The van der Waals surface area contributed by atoms with Gasteiger partial charge in [0.25, 0.3) is 0 Å². The van der Waals surface area contributed by atoms with E-state index in [4.69, 9.17) is 4.42 Å². The predicted octanol–water partition coefficient (Wildman–Crippen LogP) is 7.18. The average Bonchev–Trinajstić information content (AvgIpc) is 3.36. The van der Waals surface area contributed by atoms with Crippen molar-refractivity contribution in [3.63, 3.8) is 0 Å². The quantitative estimate of drug-likeness (QED) is 0.317. The van der Waals surface area contributed by atoms with Crippen LogP contribution in [0.15, 0.2) is 89.3 Å². The molecule has 1 aliphatic carbocycles. The highest BCUT2D eigenvalue weighted by Crippen LogP contribution is 2.41. The van der Waals surface area contributed by atoms with Crippen LogP contribution < -0.4 is 4.90 Å². The van der Waals surface area contributed by atoms with Gasteiger partial charge in [0.1, 0.15) is 11.2 Å². The van der Waals surface area contributed by atoms with Crippen molar-refractivity contribution in [2.75, 3.05) is 11.4 Å². The van der Waals surface area contributed by atoms with Crippen molar-refractivity contribution in [1.82, 2.24) is 0 Å². The second-order valence-electron chi connectivity index (χ2n) is 8.05. The van der Waals surface area contributed by atoms with Gasteiger partial charge in [-0.15, -0.1) is 0 Å². The van der Waals surface area contributed by atoms with Crippen LogP contribution in [0.3, 0.4) is 0 Å². The highest BCUT2D eigenvalue weighted by atomic mass is 16.3. The summed E-state index contributed by atoms with van der Waals surface area (Å²) < 4.78 is 6.13. The molecular weight excluding hydrogens is 366 g/mol. The van der Waals surface area contributed by atoms with Crippen molar-refractivity contribution >= 4 is 27.6 Å². The zero-order chi connectivity index (χ0) is 20.1. The molecule has 1 aliphatic rings. The Bertz CT molecular complexity index is 1390. The highest BCUT2D eigenvalue weighted by molar-refractivity contribution is 6.11. The number of benzene rings is 4. The van der Waals surface area contributed by atoms with Crippen LogP contribution in [-0.4, -0.2) is 6.54 Å². The summed E-state index contributed by atoms with van der Waals surface area (Å²) in [6.45, 7) is 4.05. The standard InChI is InChI=1S/C28H23NO/c1-2-29(24-14-8-16-26-28(24)23-13-5-6-15-25(23)30-26)18-21-11-7-10-20-17-19-9-3-4-12-22(19)27(20)21/h3-16H,2,17-18H2,1H3. The molecule has 146 valence electrons. The monoisotopic (exact) mass is 389 g/mol. The number of fused-ring (bicyclic) bond motifs is 6. The Morgan fingerprint density at radius 1 is 0.767 bits per heavy atom. The first-order valence-corrected chi connectivity index (χ1v) is 10.7. The summed E-state index contributed by atoms with van der Waals surface area (Å²) in [6, 6.07) is 30.3. The molecule has 1 heterocycles. The van der Waals surface area contributed by atoms with Gasteiger partial charge in [0, 0.05) is 24.2 Å². The Balaban J connectivity index is 1.48. The molecule has 1 aromatic heterocycles. The summed E-state index contributed by atoms with van der Waals surface area (Å²) in [5.41, 5.74) is 10.2. The lowest BCUT2D eigenvalue weighted by Gasteiger charge is -2.25. The number of nitrogens with zero attached hydrogens (tertiary/aromatic N) is 1. The normalized spacial score (nSPS) is 12.3. The lowest BCUT2D eigenvalue weighted by atomic mass is 9.98. The van der Waals surface area contributed by atoms with Gasteiger partial charge in [0.2, 0.25) is 0 Å². The number of anilines is 1. The van der Waals surface area contributed by atoms with Crippen molar-refractivity contribution in [3.8, 4) is 11.1 Å². The van der Waals surface area contributed by atoms with Crippen LogP contribution in [-0.2, 0) is 13.0 Å². The average molecular weight is 389 g/mol. The Morgan fingerprint density at radius 3 is 2.47 bits per heavy atom. The van der Waals surface area contributed by atoms with E-state index in [9.17, 15) is 0 Å². The first kappa shape index (κ1) is 17.3. The van der Waals surface area contributed by atoms with E-state index in [-0.39, 0.29) is 0 Å². The summed E-state index contributed by atoms with van der Waals surface area (Å²) in [5.74, 6) is 0. The van der Waals surface area contributed by atoms with Gasteiger partial charge in [-0.3, -0.25) is 0 Å². The molecule has 0 atom stereocenters. The van der Waals surface area contributed by atoms with E-state index in [2.05, 4.69) is 90.7 Å². The van der Waals surface area contributed by atoms with Crippen LogP contribution in [0.5, 0.6) is 0 Å². The summed E-state index contributed by atoms with van der Waals surface area (Å²) in [4.78, 5) is 2.47. The van der Waals surface area contributed by atoms with Crippen molar-refractivity contribution in [3.05, 3.63) is 102 Å². The smallest absolute Gasteiger partial charge is 0.137 e. The maximum Gasteiger partial charge on any atom is 0.137 e. The maximum absolute atomic E-state index is 6.13. The number of para-hydroxylation sites is 1. The molecule has 4 aromatic carbocycles. The van der Waals surface area contributed by atoms with Gasteiger partial charge in [-0.2, -0.15) is 0 Å². The van der Waals surface area contributed by atoms with Gasteiger partial charge in [-0.05, 0) is 59.4 Å². The van der Waals surface area contributed by atoms with Crippen LogP contribution in [0, 0.1) is 0 Å². The zero-order valence-corrected chi connectivity index (χ0v) is 17.1. The first-order chi connectivity index (χ1) is 14.8. The van der Waals surface area contributed by atoms with Crippen molar-refractivity contribution in [2.45, 2.75) is 19.9 Å². The first-order valence-electron chi connectivity index (χ1n) is 10.7. The SMILES string of the molecule is CCN(Cc1cccc2c1-c1ccccc1C2)c1cccc2oc3ccccc3c12. The molecule has 0 aliphatic heterocycles. The molecule has 0 bridgehead atoms. The minimum atomic E-state index is 0.882. The zero-order valence-electron chi connectivity index (χ0n) is 17.1. The van der Waals surface area contributed by atoms with Gasteiger partial charge in [0.05, 0.1) is 5.39 Å².